The fourth-order valence-electron chi connectivity index (χ4n) is 2.80. The smallest absolute Gasteiger partial charge is 0.232 e. The van der Waals surface area contributed by atoms with Gasteiger partial charge in [0, 0.05) is 31.7 Å². The molecule has 1 aliphatic rings. The number of carbonyl (C=O) groups is 2. The van der Waals surface area contributed by atoms with Gasteiger partial charge in [0.25, 0.3) is 0 Å². The van der Waals surface area contributed by atoms with Crippen LogP contribution in [0.1, 0.15) is 33.1 Å². The van der Waals surface area contributed by atoms with Gasteiger partial charge in [0.1, 0.15) is 0 Å². The van der Waals surface area contributed by atoms with Gasteiger partial charge in [0.05, 0.1) is 5.92 Å². The second-order valence-corrected chi connectivity index (χ2v) is 5.51. The summed E-state index contributed by atoms with van der Waals surface area (Å²) in [5.41, 5.74) is 0.907. The van der Waals surface area contributed by atoms with E-state index in [0.29, 0.717) is 19.5 Å². The van der Waals surface area contributed by atoms with Crippen molar-refractivity contribution in [3.05, 3.63) is 30.3 Å². The van der Waals surface area contributed by atoms with Crippen LogP contribution in [-0.2, 0) is 9.59 Å². The Labute approximate surface area is 126 Å². The molecule has 2 rings (SSSR count). The van der Waals surface area contributed by atoms with Crippen molar-refractivity contribution < 1.29 is 9.59 Å². The molecule has 114 valence electrons. The van der Waals surface area contributed by atoms with Crippen LogP contribution in [-0.4, -0.2) is 36.3 Å². The van der Waals surface area contributed by atoms with Crippen molar-refractivity contribution in [3.63, 3.8) is 0 Å². The van der Waals surface area contributed by atoms with Crippen LogP contribution in [0.2, 0.25) is 0 Å². The van der Waals surface area contributed by atoms with Crippen LogP contribution < -0.4 is 4.90 Å². The molecule has 1 atom stereocenters. The molecule has 1 saturated heterocycles. The number of amides is 2. The first kappa shape index (κ1) is 15.5. The maximum absolute atomic E-state index is 12.7. The Morgan fingerprint density at radius 1 is 1.29 bits per heavy atom. The van der Waals surface area contributed by atoms with Crippen molar-refractivity contribution >= 4 is 17.5 Å². The van der Waals surface area contributed by atoms with Gasteiger partial charge in [-0.3, -0.25) is 9.59 Å². The Balaban J connectivity index is 2.04. The minimum Gasteiger partial charge on any atom is -0.342 e. The van der Waals surface area contributed by atoms with E-state index in [1.807, 2.05) is 42.2 Å². The molecule has 21 heavy (non-hydrogen) atoms. The fraction of sp³-hybridized carbons (Fsp3) is 0.529. The molecule has 1 unspecified atom stereocenters. The lowest BCUT2D eigenvalue weighted by molar-refractivity contribution is -0.128. The molecule has 1 aromatic carbocycles. The largest absolute Gasteiger partial charge is 0.342 e. The Morgan fingerprint density at radius 3 is 2.62 bits per heavy atom. The third-order valence-electron chi connectivity index (χ3n) is 4.00. The van der Waals surface area contributed by atoms with E-state index in [1.54, 1.807) is 4.90 Å². The second-order valence-electron chi connectivity index (χ2n) is 5.51. The Bertz CT molecular complexity index is 487. The molecule has 1 heterocycles. The number of para-hydroxylation sites is 1. The predicted octanol–water partition coefficient (Wildman–Crippen LogP) is 2.69. The summed E-state index contributed by atoms with van der Waals surface area (Å²) in [7, 11) is 0. The number of anilines is 1. The van der Waals surface area contributed by atoms with E-state index in [4.69, 9.17) is 0 Å². The minimum atomic E-state index is -0.200. The Morgan fingerprint density at radius 2 is 2.00 bits per heavy atom. The summed E-state index contributed by atoms with van der Waals surface area (Å²) < 4.78 is 0. The molecule has 4 heteroatoms. The van der Waals surface area contributed by atoms with Gasteiger partial charge in [-0.15, -0.1) is 0 Å². The molecule has 0 saturated carbocycles. The zero-order valence-electron chi connectivity index (χ0n) is 12.9. The van der Waals surface area contributed by atoms with E-state index in [9.17, 15) is 9.59 Å². The number of rotatable bonds is 6. The standard InChI is InChI=1S/C17H24N2O2/c1-3-5-11-18-13-14(12-16(18)20)17(21)19(4-2)15-9-7-6-8-10-15/h6-10,14H,3-5,11-13H2,1-2H3. The van der Waals surface area contributed by atoms with E-state index in [-0.39, 0.29) is 17.7 Å². The monoisotopic (exact) mass is 288 g/mol. The summed E-state index contributed by atoms with van der Waals surface area (Å²) >= 11 is 0. The molecule has 0 aromatic heterocycles. The highest BCUT2D eigenvalue weighted by Crippen LogP contribution is 2.23. The molecule has 1 aliphatic heterocycles. The number of hydrogen-bond acceptors (Lipinski definition) is 2. The van der Waals surface area contributed by atoms with E-state index in [1.165, 1.54) is 0 Å². The SMILES string of the molecule is CCCCN1CC(C(=O)N(CC)c2ccccc2)CC1=O. The quantitative estimate of drug-likeness (QED) is 0.807. The molecule has 1 aromatic rings. The van der Waals surface area contributed by atoms with E-state index < -0.39 is 0 Å². The van der Waals surface area contributed by atoms with Gasteiger partial charge in [-0.2, -0.15) is 0 Å². The first-order valence-corrected chi connectivity index (χ1v) is 7.81. The lowest BCUT2D eigenvalue weighted by Crippen LogP contribution is -2.37. The number of hydrogen-bond donors (Lipinski definition) is 0. The van der Waals surface area contributed by atoms with Gasteiger partial charge in [0.2, 0.25) is 11.8 Å². The van der Waals surface area contributed by atoms with Crippen LogP contribution >= 0.6 is 0 Å². The van der Waals surface area contributed by atoms with Gasteiger partial charge >= 0.3 is 0 Å². The number of nitrogens with zero attached hydrogens (tertiary/aromatic N) is 2. The molecule has 4 nitrogen and oxygen atoms in total. The molecule has 0 radical (unpaired) electrons. The van der Waals surface area contributed by atoms with Gasteiger partial charge < -0.3 is 9.80 Å². The lowest BCUT2D eigenvalue weighted by atomic mass is 10.1. The summed E-state index contributed by atoms with van der Waals surface area (Å²) in [5, 5.41) is 0. The maximum Gasteiger partial charge on any atom is 0.232 e. The van der Waals surface area contributed by atoms with Crippen LogP contribution in [0.25, 0.3) is 0 Å². The van der Waals surface area contributed by atoms with Gasteiger partial charge in [-0.1, -0.05) is 31.5 Å². The number of carbonyl (C=O) groups excluding carboxylic acids is 2. The highest BCUT2D eigenvalue weighted by molar-refractivity contribution is 5.98. The van der Waals surface area contributed by atoms with Gasteiger partial charge in [-0.25, -0.2) is 0 Å². The number of unbranched alkanes of at least 4 members (excludes halogenated alkanes) is 1. The summed E-state index contributed by atoms with van der Waals surface area (Å²) in [6.07, 6.45) is 2.42. The average molecular weight is 288 g/mol. The topological polar surface area (TPSA) is 40.6 Å². The van der Waals surface area contributed by atoms with Crippen LogP contribution in [0.3, 0.4) is 0 Å². The van der Waals surface area contributed by atoms with Crippen LogP contribution in [0.5, 0.6) is 0 Å². The lowest BCUT2D eigenvalue weighted by Gasteiger charge is -2.24. The maximum atomic E-state index is 12.7. The number of benzene rings is 1. The molecule has 1 fully saturated rings. The number of likely N-dealkylation sites (tertiary alicyclic amines) is 1. The van der Waals surface area contributed by atoms with Gasteiger partial charge in [-0.05, 0) is 25.5 Å². The van der Waals surface area contributed by atoms with Crippen molar-refractivity contribution in [1.82, 2.24) is 4.90 Å². The van der Waals surface area contributed by atoms with Crippen LogP contribution in [0.4, 0.5) is 5.69 Å². The highest BCUT2D eigenvalue weighted by atomic mass is 16.2. The Hall–Kier alpha value is -1.84. The van der Waals surface area contributed by atoms with Crippen molar-refractivity contribution in [3.8, 4) is 0 Å². The van der Waals surface area contributed by atoms with Crippen molar-refractivity contribution in [2.45, 2.75) is 33.1 Å². The molecular weight excluding hydrogens is 264 g/mol. The van der Waals surface area contributed by atoms with Gasteiger partial charge in [0.15, 0.2) is 0 Å². The molecule has 0 aliphatic carbocycles. The predicted molar refractivity (Wildman–Crippen MR) is 84.1 cm³/mol. The zero-order valence-corrected chi connectivity index (χ0v) is 12.9. The summed E-state index contributed by atoms with van der Waals surface area (Å²) in [5.74, 6) is -0.0172. The first-order valence-electron chi connectivity index (χ1n) is 7.81. The Kier molecular flexibility index (Phi) is 5.37. The summed E-state index contributed by atoms with van der Waals surface area (Å²) in [6, 6.07) is 9.67. The molecule has 2 amide bonds. The fourth-order valence-corrected chi connectivity index (χ4v) is 2.80. The molecule has 0 spiro atoms. The second kappa shape index (κ2) is 7.25. The van der Waals surface area contributed by atoms with Crippen molar-refractivity contribution in [1.29, 1.82) is 0 Å². The summed E-state index contributed by atoms with van der Waals surface area (Å²) in [6.45, 7) is 6.05. The molecule has 0 bridgehead atoms. The average Bonchev–Trinajstić information content (AvgIpc) is 2.88. The molecule has 0 N–H and O–H groups in total. The highest BCUT2D eigenvalue weighted by Gasteiger charge is 2.36. The normalized spacial score (nSPS) is 18.1. The zero-order chi connectivity index (χ0) is 15.2. The van der Waals surface area contributed by atoms with E-state index in [2.05, 4.69) is 6.92 Å². The molecular formula is C17H24N2O2. The third kappa shape index (κ3) is 3.63. The van der Waals surface area contributed by atoms with Crippen LogP contribution in [0.15, 0.2) is 30.3 Å². The van der Waals surface area contributed by atoms with E-state index in [0.717, 1.165) is 25.1 Å². The van der Waals surface area contributed by atoms with Crippen molar-refractivity contribution in [2.75, 3.05) is 24.5 Å². The van der Waals surface area contributed by atoms with E-state index >= 15 is 0 Å². The minimum absolute atomic E-state index is 0.0658. The third-order valence-corrected chi connectivity index (χ3v) is 4.00. The first-order chi connectivity index (χ1) is 10.2. The summed E-state index contributed by atoms with van der Waals surface area (Å²) in [4.78, 5) is 28.3. The van der Waals surface area contributed by atoms with Crippen molar-refractivity contribution in [2.24, 2.45) is 5.92 Å². The van der Waals surface area contributed by atoms with Crippen LogP contribution in [0, 0.1) is 5.92 Å².